The number of nitrogens with zero attached hydrogens (tertiary/aromatic N) is 4. The van der Waals surface area contributed by atoms with Crippen LogP contribution in [0.2, 0.25) is 0 Å². The van der Waals surface area contributed by atoms with E-state index in [1.807, 2.05) is 11.8 Å². The molecule has 0 unspecified atom stereocenters. The Morgan fingerprint density at radius 1 is 0.935 bits per heavy atom. The van der Waals surface area contributed by atoms with Crippen LogP contribution >= 0.6 is 0 Å². The first kappa shape index (κ1) is 23.6. The second kappa shape index (κ2) is 11.0. The molecule has 4 amide bonds. The summed E-state index contributed by atoms with van der Waals surface area (Å²) < 4.78 is 5.62. The number of amides is 4. The third-order valence-electron chi connectivity index (χ3n) is 7.19. The molecule has 3 fully saturated rings. The van der Waals surface area contributed by atoms with Crippen LogP contribution in [0.3, 0.4) is 0 Å². The van der Waals surface area contributed by atoms with E-state index in [4.69, 9.17) is 10.5 Å². The topological polar surface area (TPSA) is 99.4 Å². The van der Waals surface area contributed by atoms with Gasteiger partial charge in [-0.05, 0) is 58.0 Å². The van der Waals surface area contributed by atoms with Gasteiger partial charge in [0, 0.05) is 45.3 Å². The maximum Gasteiger partial charge on any atom is 0.410 e. The van der Waals surface area contributed by atoms with Gasteiger partial charge in [0.2, 0.25) is 0 Å². The molecule has 1 atom stereocenters. The predicted octanol–water partition coefficient (Wildman–Crippen LogP) is 1.85. The molecule has 0 saturated carbocycles. The highest BCUT2D eigenvalue weighted by molar-refractivity contribution is 5.83. The summed E-state index contributed by atoms with van der Waals surface area (Å²) in [6.45, 7) is 6.70. The first-order valence-corrected chi connectivity index (χ1v) is 11.9. The summed E-state index contributed by atoms with van der Waals surface area (Å²) >= 11 is 0. The minimum absolute atomic E-state index is 0.0337. The minimum atomic E-state index is -0.731. The van der Waals surface area contributed by atoms with Crippen LogP contribution in [0.4, 0.5) is 9.59 Å². The van der Waals surface area contributed by atoms with Gasteiger partial charge in [-0.1, -0.05) is 13.3 Å². The van der Waals surface area contributed by atoms with E-state index < -0.39 is 18.2 Å². The number of likely N-dealkylation sites (tertiary alicyclic amines) is 3. The molecule has 3 aliphatic rings. The zero-order chi connectivity index (χ0) is 22.4. The summed E-state index contributed by atoms with van der Waals surface area (Å²) in [4.78, 5) is 44.6. The third-order valence-corrected chi connectivity index (χ3v) is 7.19. The summed E-state index contributed by atoms with van der Waals surface area (Å²) in [6.07, 6.45) is 6.50. The van der Waals surface area contributed by atoms with Crippen molar-refractivity contribution in [2.75, 3.05) is 46.3 Å². The maximum atomic E-state index is 13.0. The molecular formula is C22H39N5O4. The van der Waals surface area contributed by atoms with E-state index in [2.05, 4.69) is 4.90 Å². The largest absolute Gasteiger partial charge is 0.436 e. The second-order valence-electron chi connectivity index (χ2n) is 9.10. The summed E-state index contributed by atoms with van der Waals surface area (Å²) in [7, 11) is 1.68. The van der Waals surface area contributed by atoms with Crippen molar-refractivity contribution in [1.82, 2.24) is 19.6 Å². The summed E-state index contributed by atoms with van der Waals surface area (Å²) in [5.74, 6) is -0.0729. The first-order valence-electron chi connectivity index (χ1n) is 11.9. The predicted molar refractivity (Wildman–Crippen MR) is 118 cm³/mol. The molecule has 3 aliphatic heterocycles. The van der Waals surface area contributed by atoms with Gasteiger partial charge in [-0.3, -0.25) is 4.79 Å². The van der Waals surface area contributed by atoms with Crippen molar-refractivity contribution in [3.8, 4) is 0 Å². The Morgan fingerprint density at radius 2 is 1.52 bits per heavy atom. The van der Waals surface area contributed by atoms with E-state index in [0.29, 0.717) is 38.4 Å². The minimum Gasteiger partial charge on any atom is -0.436 e. The first-order chi connectivity index (χ1) is 14.9. The molecule has 3 heterocycles. The molecule has 0 bridgehead atoms. The highest BCUT2D eigenvalue weighted by atomic mass is 16.6. The van der Waals surface area contributed by atoms with Crippen molar-refractivity contribution in [2.45, 2.75) is 76.5 Å². The molecule has 176 valence electrons. The summed E-state index contributed by atoms with van der Waals surface area (Å²) in [5.41, 5.74) is 5.34. The number of piperidine rings is 3. The molecular weight excluding hydrogens is 398 g/mol. The van der Waals surface area contributed by atoms with Crippen LogP contribution in [0, 0.1) is 0 Å². The second-order valence-corrected chi connectivity index (χ2v) is 9.10. The van der Waals surface area contributed by atoms with Crippen molar-refractivity contribution >= 4 is 18.0 Å². The molecule has 3 rings (SSSR count). The van der Waals surface area contributed by atoms with Crippen molar-refractivity contribution in [3.05, 3.63) is 0 Å². The fourth-order valence-electron chi connectivity index (χ4n) is 5.06. The lowest BCUT2D eigenvalue weighted by Crippen LogP contribution is -2.52. The molecule has 0 aromatic heterocycles. The highest BCUT2D eigenvalue weighted by Gasteiger charge is 2.34. The summed E-state index contributed by atoms with van der Waals surface area (Å²) in [5, 5.41) is 0. The zero-order valence-corrected chi connectivity index (χ0v) is 19.1. The van der Waals surface area contributed by atoms with Gasteiger partial charge in [-0.2, -0.15) is 0 Å². The molecule has 0 aromatic rings. The molecule has 0 aliphatic carbocycles. The molecule has 2 N–H and O–H groups in total. The molecule has 31 heavy (non-hydrogen) atoms. The van der Waals surface area contributed by atoms with Gasteiger partial charge < -0.3 is 30.1 Å². The van der Waals surface area contributed by atoms with Gasteiger partial charge in [-0.25, -0.2) is 9.59 Å². The number of hydrogen-bond acceptors (Lipinski definition) is 5. The van der Waals surface area contributed by atoms with Crippen LogP contribution in [0.25, 0.3) is 0 Å². The fraction of sp³-hybridized carbons (Fsp3) is 0.864. The summed E-state index contributed by atoms with van der Waals surface area (Å²) in [6, 6.07) is 0.153. The van der Waals surface area contributed by atoms with Crippen LogP contribution in [0.15, 0.2) is 0 Å². The van der Waals surface area contributed by atoms with Crippen molar-refractivity contribution in [1.29, 1.82) is 0 Å². The molecule has 3 saturated heterocycles. The average Bonchev–Trinajstić information content (AvgIpc) is 2.82. The Morgan fingerprint density at radius 3 is 2.06 bits per heavy atom. The molecule has 0 radical (unpaired) electrons. The van der Waals surface area contributed by atoms with Crippen molar-refractivity contribution in [2.24, 2.45) is 5.73 Å². The van der Waals surface area contributed by atoms with Crippen LogP contribution in [0.1, 0.15) is 58.3 Å². The lowest BCUT2D eigenvalue weighted by molar-refractivity contribution is -0.142. The van der Waals surface area contributed by atoms with Gasteiger partial charge in [0.05, 0.1) is 0 Å². The number of urea groups is 1. The third kappa shape index (κ3) is 6.02. The average molecular weight is 438 g/mol. The van der Waals surface area contributed by atoms with Crippen LogP contribution in [0.5, 0.6) is 0 Å². The highest BCUT2D eigenvalue weighted by Crippen LogP contribution is 2.22. The molecule has 9 nitrogen and oxygen atoms in total. The molecule has 0 spiro atoms. The number of nitrogens with two attached hydrogens (primary N) is 1. The lowest BCUT2D eigenvalue weighted by Gasteiger charge is -2.41. The Balaban J connectivity index is 1.44. The normalized spacial score (nSPS) is 22.8. The van der Waals surface area contributed by atoms with Crippen molar-refractivity contribution < 1.29 is 19.1 Å². The number of ether oxygens (including phenoxy) is 1. The van der Waals surface area contributed by atoms with E-state index in [9.17, 15) is 14.4 Å². The van der Waals surface area contributed by atoms with Crippen LogP contribution in [-0.4, -0.2) is 102 Å². The van der Waals surface area contributed by atoms with Gasteiger partial charge in [0.15, 0.2) is 6.10 Å². The number of carbonyl (C=O) groups is 3. The quantitative estimate of drug-likeness (QED) is 0.708. The fourth-order valence-corrected chi connectivity index (χ4v) is 5.06. The Hall–Kier alpha value is -2.03. The number of carbonyl (C=O) groups excluding carboxylic acids is 3. The van der Waals surface area contributed by atoms with Gasteiger partial charge in [-0.15, -0.1) is 0 Å². The van der Waals surface area contributed by atoms with Gasteiger partial charge >= 0.3 is 12.1 Å². The number of primary amides is 1. The van der Waals surface area contributed by atoms with Crippen LogP contribution in [-0.2, 0) is 9.53 Å². The Kier molecular flexibility index (Phi) is 8.40. The monoisotopic (exact) mass is 437 g/mol. The zero-order valence-electron chi connectivity index (χ0n) is 19.1. The van der Waals surface area contributed by atoms with E-state index in [1.54, 1.807) is 11.9 Å². The Bertz CT molecular complexity index is 623. The smallest absolute Gasteiger partial charge is 0.410 e. The van der Waals surface area contributed by atoms with E-state index in [1.165, 1.54) is 37.3 Å². The SMILES string of the molecule is CC[C@@H](OC(=O)N1CCC(N(C)C(N)=O)CC1)C(=O)N1CCC(N2CCCCC2)CC1. The maximum absolute atomic E-state index is 13.0. The lowest BCUT2D eigenvalue weighted by atomic mass is 9.99. The number of hydrogen-bond donors (Lipinski definition) is 1. The van der Waals surface area contributed by atoms with E-state index in [0.717, 1.165) is 25.9 Å². The van der Waals surface area contributed by atoms with Gasteiger partial charge in [0.25, 0.3) is 5.91 Å². The van der Waals surface area contributed by atoms with Gasteiger partial charge in [0.1, 0.15) is 0 Å². The van der Waals surface area contributed by atoms with E-state index in [-0.39, 0.29) is 11.9 Å². The standard InChI is InChI=1S/C22H39N5O4/c1-3-19(31-22(30)27-15-7-17(8-16-27)24(2)21(23)29)20(28)26-13-9-18(10-14-26)25-11-5-4-6-12-25/h17-19H,3-16H2,1-2H3,(H2,23,29)/t19-/m1/s1. The van der Waals surface area contributed by atoms with Crippen LogP contribution < -0.4 is 5.73 Å². The molecule has 0 aromatic carbocycles. The van der Waals surface area contributed by atoms with E-state index >= 15 is 0 Å². The Labute approximate surface area is 185 Å². The number of rotatable bonds is 5. The molecule has 9 heteroatoms. The van der Waals surface area contributed by atoms with Crippen molar-refractivity contribution in [3.63, 3.8) is 0 Å².